The highest BCUT2D eigenvalue weighted by molar-refractivity contribution is 6.31. The van der Waals surface area contributed by atoms with Gasteiger partial charge in [0.2, 0.25) is 0 Å². The third-order valence-electron chi connectivity index (χ3n) is 4.79. The van der Waals surface area contributed by atoms with Gasteiger partial charge in [-0.05, 0) is 30.7 Å². The Kier molecular flexibility index (Phi) is 4.83. The molecule has 1 saturated carbocycles. The largest absolute Gasteiger partial charge is 0.353 e. The summed E-state index contributed by atoms with van der Waals surface area (Å²) in [6, 6.07) is 6.88. The van der Waals surface area contributed by atoms with Gasteiger partial charge in [-0.2, -0.15) is 0 Å². The Morgan fingerprint density at radius 3 is 2.83 bits per heavy atom. The van der Waals surface area contributed by atoms with Crippen LogP contribution in [-0.4, -0.2) is 43.0 Å². The second-order valence-corrected chi connectivity index (χ2v) is 6.66. The van der Waals surface area contributed by atoms with Crippen molar-refractivity contribution in [2.45, 2.75) is 37.1 Å². The molecule has 1 aromatic carbocycles. The Balaban J connectivity index is 1.76. The molecule has 0 spiro atoms. The molecule has 2 atom stereocenters. The first kappa shape index (κ1) is 17.2. The molecule has 0 bridgehead atoms. The van der Waals surface area contributed by atoms with E-state index < -0.39 is 5.79 Å². The molecule has 2 aromatic rings. The molecular formula is C17H22ClN3O3. The van der Waals surface area contributed by atoms with Gasteiger partial charge in [0.15, 0.2) is 5.79 Å². The van der Waals surface area contributed by atoms with Crippen LogP contribution >= 0.6 is 11.6 Å². The number of carbonyl (C=O) groups excluding carboxylic acids is 1. The number of nitrogens with one attached hydrogen (secondary N) is 2. The molecular weight excluding hydrogens is 330 g/mol. The number of hydrogen-bond acceptors (Lipinski definition) is 4. The lowest BCUT2D eigenvalue weighted by atomic mass is 9.86. The summed E-state index contributed by atoms with van der Waals surface area (Å²) in [5.74, 6) is -0.896. The first-order chi connectivity index (χ1) is 11.5. The zero-order valence-electron chi connectivity index (χ0n) is 13.8. The average Bonchev–Trinajstić information content (AvgIpc) is 3.00. The van der Waals surface area contributed by atoms with Gasteiger partial charge in [0.25, 0.3) is 5.91 Å². The summed E-state index contributed by atoms with van der Waals surface area (Å²) in [5.41, 5.74) is 7.52. The predicted octanol–water partition coefficient (Wildman–Crippen LogP) is 2.42. The van der Waals surface area contributed by atoms with Crippen LogP contribution in [0.3, 0.4) is 0 Å². The van der Waals surface area contributed by atoms with Crippen molar-refractivity contribution in [1.82, 2.24) is 10.3 Å². The Bertz CT molecular complexity index is 742. The monoisotopic (exact) mass is 351 g/mol. The summed E-state index contributed by atoms with van der Waals surface area (Å²) in [5, 5.41) is 4.52. The number of fused-ring (bicyclic) bond motifs is 1. The van der Waals surface area contributed by atoms with E-state index in [1.807, 2.05) is 12.1 Å². The van der Waals surface area contributed by atoms with Crippen molar-refractivity contribution in [2.75, 3.05) is 14.2 Å². The van der Waals surface area contributed by atoms with E-state index in [9.17, 15) is 4.79 Å². The third-order valence-corrected chi connectivity index (χ3v) is 5.03. The number of methoxy groups -OCH3 is 2. The summed E-state index contributed by atoms with van der Waals surface area (Å²) in [4.78, 5) is 15.7. The van der Waals surface area contributed by atoms with Crippen LogP contribution in [-0.2, 0) is 9.47 Å². The van der Waals surface area contributed by atoms with Crippen molar-refractivity contribution in [1.29, 1.82) is 0 Å². The highest BCUT2D eigenvalue weighted by Gasteiger charge is 2.41. The molecule has 1 amide bonds. The molecule has 1 heterocycles. The number of rotatable bonds is 4. The lowest BCUT2D eigenvalue weighted by molar-refractivity contribution is -0.228. The topological polar surface area (TPSA) is 89.4 Å². The number of aromatic nitrogens is 1. The van der Waals surface area contributed by atoms with Gasteiger partial charge in [-0.25, -0.2) is 0 Å². The third kappa shape index (κ3) is 3.28. The van der Waals surface area contributed by atoms with Gasteiger partial charge in [0, 0.05) is 55.1 Å². The fourth-order valence-corrected chi connectivity index (χ4v) is 3.44. The average molecular weight is 352 g/mol. The number of nitrogens with two attached hydrogens (primary N) is 1. The highest BCUT2D eigenvalue weighted by Crippen LogP contribution is 2.31. The van der Waals surface area contributed by atoms with Gasteiger partial charge >= 0.3 is 0 Å². The Hall–Kier alpha value is -1.60. The maximum Gasteiger partial charge on any atom is 0.268 e. The quantitative estimate of drug-likeness (QED) is 0.738. The molecule has 1 fully saturated rings. The van der Waals surface area contributed by atoms with E-state index in [2.05, 4.69) is 10.3 Å². The van der Waals surface area contributed by atoms with Crippen LogP contribution in [0, 0.1) is 0 Å². The lowest BCUT2D eigenvalue weighted by Crippen LogP contribution is -2.57. The van der Waals surface area contributed by atoms with Crippen molar-refractivity contribution >= 4 is 28.4 Å². The van der Waals surface area contributed by atoms with Crippen molar-refractivity contribution in [3.05, 3.63) is 35.0 Å². The summed E-state index contributed by atoms with van der Waals surface area (Å²) in [6.07, 6.45) is 1.94. The second kappa shape index (κ2) is 6.72. The van der Waals surface area contributed by atoms with E-state index in [0.29, 0.717) is 23.6 Å². The van der Waals surface area contributed by atoms with Gasteiger partial charge in [0.1, 0.15) is 5.69 Å². The maximum absolute atomic E-state index is 12.6. The van der Waals surface area contributed by atoms with E-state index >= 15 is 0 Å². The number of carbonyl (C=O) groups is 1. The Labute approximate surface area is 145 Å². The molecule has 0 radical (unpaired) electrons. The van der Waals surface area contributed by atoms with Gasteiger partial charge in [-0.15, -0.1) is 0 Å². The molecule has 0 saturated heterocycles. The number of aromatic amines is 1. The summed E-state index contributed by atoms with van der Waals surface area (Å²) in [7, 11) is 3.22. The summed E-state index contributed by atoms with van der Waals surface area (Å²) >= 11 is 5.99. The van der Waals surface area contributed by atoms with Crippen LogP contribution in [0.4, 0.5) is 0 Å². The molecule has 130 valence electrons. The number of H-pyrrole nitrogens is 1. The Morgan fingerprint density at radius 1 is 1.38 bits per heavy atom. The molecule has 0 aliphatic heterocycles. The molecule has 1 aromatic heterocycles. The smallest absolute Gasteiger partial charge is 0.268 e. The van der Waals surface area contributed by atoms with E-state index in [1.165, 1.54) is 0 Å². The molecule has 7 heteroatoms. The number of ether oxygens (including phenoxy) is 2. The minimum atomic E-state index is -0.693. The van der Waals surface area contributed by atoms with Crippen LogP contribution < -0.4 is 11.1 Å². The predicted molar refractivity (Wildman–Crippen MR) is 93.1 cm³/mol. The van der Waals surface area contributed by atoms with Crippen LogP contribution in [0.2, 0.25) is 5.02 Å². The number of benzene rings is 1. The molecule has 3 rings (SSSR count). The normalized spacial score (nSPS) is 23.3. The molecule has 6 nitrogen and oxygen atoms in total. The number of hydrogen-bond donors (Lipinski definition) is 3. The zero-order valence-corrected chi connectivity index (χ0v) is 14.5. The van der Waals surface area contributed by atoms with Crippen molar-refractivity contribution in [3.63, 3.8) is 0 Å². The SMILES string of the molecule is COC1(OC)CCC(N)C(NC(=O)c2cc3cc(Cl)ccc3[nH]2)C1. The fraction of sp³-hybridized carbons (Fsp3) is 0.471. The Morgan fingerprint density at radius 2 is 2.12 bits per heavy atom. The lowest BCUT2D eigenvalue weighted by Gasteiger charge is -2.41. The minimum absolute atomic E-state index is 0.133. The van der Waals surface area contributed by atoms with Crippen LogP contribution in [0.25, 0.3) is 10.9 Å². The van der Waals surface area contributed by atoms with E-state index in [4.69, 9.17) is 26.8 Å². The number of halogens is 1. The van der Waals surface area contributed by atoms with Crippen LogP contribution in [0.1, 0.15) is 29.8 Å². The first-order valence-electron chi connectivity index (χ1n) is 7.91. The molecule has 1 aliphatic carbocycles. The highest BCUT2D eigenvalue weighted by atomic mass is 35.5. The second-order valence-electron chi connectivity index (χ2n) is 6.22. The van der Waals surface area contributed by atoms with E-state index in [-0.39, 0.29) is 18.0 Å². The maximum atomic E-state index is 12.6. The van der Waals surface area contributed by atoms with Gasteiger partial charge < -0.3 is 25.5 Å². The fourth-order valence-electron chi connectivity index (χ4n) is 3.26. The molecule has 2 unspecified atom stereocenters. The summed E-state index contributed by atoms with van der Waals surface area (Å²) < 4.78 is 11.0. The van der Waals surface area contributed by atoms with Gasteiger partial charge in [-0.3, -0.25) is 4.79 Å². The molecule has 1 aliphatic rings. The first-order valence-corrected chi connectivity index (χ1v) is 8.29. The number of amides is 1. The van der Waals surface area contributed by atoms with Crippen molar-refractivity contribution in [2.24, 2.45) is 5.73 Å². The molecule has 24 heavy (non-hydrogen) atoms. The van der Waals surface area contributed by atoms with Crippen molar-refractivity contribution < 1.29 is 14.3 Å². The van der Waals surface area contributed by atoms with Crippen molar-refractivity contribution in [3.8, 4) is 0 Å². The molecule has 4 N–H and O–H groups in total. The van der Waals surface area contributed by atoms with Crippen LogP contribution in [0.15, 0.2) is 24.3 Å². The standard InChI is InChI=1S/C17H22ClN3O3/c1-23-17(24-2)6-5-12(19)15(9-17)21-16(22)14-8-10-7-11(18)3-4-13(10)20-14/h3-4,7-8,12,15,20H,5-6,9,19H2,1-2H3,(H,21,22). The zero-order chi connectivity index (χ0) is 17.3. The summed E-state index contributed by atoms with van der Waals surface area (Å²) in [6.45, 7) is 0. The van der Waals surface area contributed by atoms with Crippen LogP contribution in [0.5, 0.6) is 0 Å². The minimum Gasteiger partial charge on any atom is -0.353 e. The van der Waals surface area contributed by atoms with E-state index in [1.54, 1.807) is 26.4 Å². The van der Waals surface area contributed by atoms with E-state index in [0.717, 1.165) is 17.3 Å². The van der Waals surface area contributed by atoms with Gasteiger partial charge in [0.05, 0.1) is 0 Å². The van der Waals surface area contributed by atoms with Gasteiger partial charge in [-0.1, -0.05) is 11.6 Å².